The fourth-order valence-corrected chi connectivity index (χ4v) is 3.58. The van der Waals surface area contributed by atoms with E-state index in [0.29, 0.717) is 18.1 Å². The van der Waals surface area contributed by atoms with Crippen molar-refractivity contribution in [1.29, 1.82) is 0 Å². The Bertz CT molecular complexity index is 544. The summed E-state index contributed by atoms with van der Waals surface area (Å²) >= 11 is 6.05. The summed E-state index contributed by atoms with van der Waals surface area (Å²) in [4.78, 5) is 0.272. The van der Waals surface area contributed by atoms with Crippen LogP contribution in [0.3, 0.4) is 0 Å². The summed E-state index contributed by atoms with van der Waals surface area (Å²) in [5.41, 5.74) is 1.66. The Hall–Kier alpha value is -0.620. The van der Waals surface area contributed by atoms with Crippen molar-refractivity contribution in [3.8, 4) is 0 Å². The molecular formula is C14H23ClN2O2S. The number of rotatable bonds is 8. The molecule has 0 fully saturated rings. The lowest BCUT2D eigenvalue weighted by atomic mass is 10.1. The van der Waals surface area contributed by atoms with E-state index in [0.717, 1.165) is 30.5 Å². The molecule has 1 rings (SSSR count). The molecule has 1 aromatic rings. The molecule has 0 radical (unpaired) electrons. The minimum Gasteiger partial charge on any atom is -0.313 e. The predicted molar refractivity (Wildman–Crippen MR) is 83.7 cm³/mol. The van der Waals surface area contributed by atoms with E-state index in [1.807, 2.05) is 26.8 Å². The van der Waals surface area contributed by atoms with Gasteiger partial charge in [0.15, 0.2) is 0 Å². The van der Waals surface area contributed by atoms with E-state index in [2.05, 4.69) is 10.0 Å². The van der Waals surface area contributed by atoms with Crippen LogP contribution < -0.4 is 10.0 Å². The SMILES string of the molecule is CCCCNS(=O)(=O)c1cc(Cl)cc(CNCC)c1C. The summed E-state index contributed by atoms with van der Waals surface area (Å²) in [5, 5.41) is 3.63. The van der Waals surface area contributed by atoms with Crippen LogP contribution in [0.25, 0.3) is 0 Å². The van der Waals surface area contributed by atoms with E-state index in [4.69, 9.17) is 11.6 Å². The second kappa shape index (κ2) is 7.98. The first-order valence-corrected chi connectivity index (χ1v) is 8.77. The highest BCUT2D eigenvalue weighted by Gasteiger charge is 2.19. The second-order valence-electron chi connectivity index (χ2n) is 4.72. The van der Waals surface area contributed by atoms with Crippen molar-refractivity contribution >= 4 is 21.6 Å². The number of hydrogen-bond donors (Lipinski definition) is 2. The largest absolute Gasteiger partial charge is 0.313 e. The van der Waals surface area contributed by atoms with Crippen LogP contribution in [0.4, 0.5) is 0 Å². The van der Waals surface area contributed by atoms with E-state index >= 15 is 0 Å². The van der Waals surface area contributed by atoms with Crippen LogP contribution in [0.15, 0.2) is 17.0 Å². The van der Waals surface area contributed by atoms with Crippen molar-refractivity contribution in [1.82, 2.24) is 10.0 Å². The van der Waals surface area contributed by atoms with Crippen molar-refractivity contribution in [2.75, 3.05) is 13.1 Å². The van der Waals surface area contributed by atoms with E-state index in [1.165, 1.54) is 6.07 Å². The summed E-state index contributed by atoms with van der Waals surface area (Å²) in [5.74, 6) is 0. The molecule has 0 amide bonds. The van der Waals surface area contributed by atoms with Crippen LogP contribution in [-0.4, -0.2) is 21.5 Å². The van der Waals surface area contributed by atoms with Crippen molar-refractivity contribution in [3.05, 3.63) is 28.3 Å². The minimum absolute atomic E-state index is 0.272. The molecule has 0 unspecified atom stereocenters. The van der Waals surface area contributed by atoms with E-state index < -0.39 is 10.0 Å². The molecule has 0 spiro atoms. The summed E-state index contributed by atoms with van der Waals surface area (Å²) in [6.45, 7) is 7.73. The summed E-state index contributed by atoms with van der Waals surface area (Å²) < 4.78 is 27.3. The molecule has 0 atom stereocenters. The number of benzene rings is 1. The van der Waals surface area contributed by atoms with Crippen LogP contribution in [0.1, 0.15) is 37.8 Å². The number of halogens is 1. The van der Waals surface area contributed by atoms with Gasteiger partial charge in [-0.1, -0.05) is 31.9 Å². The molecule has 0 aliphatic heterocycles. The van der Waals surface area contributed by atoms with Gasteiger partial charge in [-0.2, -0.15) is 0 Å². The van der Waals surface area contributed by atoms with Gasteiger partial charge in [-0.15, -0.1) is 0 Å². The lowest BCUT2D eigenvalue weighted by molar-refractivity contribution is 0.577. The number of hydrogen-bond acceptors (Lipinski definition) is 3. The van der Waals surface area contributed by atoms with Gasteiger partial charge in [-0.05, 0) is 43.1 Å². The highest BCUT2D eigenvalue weighted by atomic mass is 35.5. The van der Waals surface area contributed by atoms with Crippen LogP contribution in [-0.2, 0) is 16.6 Å². The molecule has 2 N–H and O–H groups in total. The third-order valence-electron chi connectivity index (χ3n) is 3.11. The number of nitrogens with one attached hydrogen (secondary N) is 2. The first-order chi connectivity index (χ1) is 9.42. The molecule has 0 saturated carbocycles. The Morgan fingerprint density at radius 1 is 1.25 bits per heavy atom. The maximum Gasteiger partial charge on any atom is 0.240 e. The third-order valence-corrected chi connectivity index (χ3v) is 4.92. The zero-order valence-corrected chi connectivity index (χ0v) is 13.9. The zero-order valence-electron chi connectivity index (χ0n) is 12.3. The van der Waals surface area contributed by atoms with Gasteiger partial charge in [0, 0.05) is 18.1 Å². The first-order valence-electron chi connectivity index (χ1n) is 6.91. The quantitative estimate of drug-likeness (QED) is 0.725. The van der Waals surface area contributed by atoms with E-state index in [1.54, 1.807) is 0 Å². The van der Waals surface area contributed by atoms with Crippen LogP contribution in [0.2, 0.25) is 5.02 Å². The van der Waals surface area contributed by atoms with Crippen LogP contribution in [0.5, 0.6) is 0 Å². The van der Waals surface area contributed by atoms with Gasteiger partial charge >= 0.3 is 0 Å². The standard InChI is InChI=1S/C14H23ClN2O2S/c1-4-6-7-17-20(18,19)14-9-13(15)8-12(11(14)3)10-16-5-2/h8-9,16-17H,4-7,10H2,1-3H3. The van der Waals surface area contributed by atoms with E-state index in [9.17, 15) is 8.42 Å². The second-order valence-corrected chi connectivity index (χ2v) is 6.89. The molecule has 0 aromatic heterocycles. The molecule has 0 aliphatic rings. The average Bonchev–Trinajstić information content (AvgIpc) is 2.39. The topological polar surface area (TPSA) is 58.2 Å². The fourth-order valence-electron chi connectivity index (χ4n) is 1.89. The van der Waals surface area contributed by atoms with Gasteiger partial charge in [0.05, 0.1) is 4.90 Å². The highest BCUT2D eigenvalue weighted by molar-refractivity contribution is 7.89. The fraction of sp³-hybridized carbons (Fsp3) is 0.571. The zero-order chi connectivity index (χ0) is 15.2. The minimum atomic E-state index is -3.50. The molecule has 0 bridgehead atoms. The Morgan fingerprint density at radius 2 is 1.95 bits per heavy atom. The summed E-state index contributed by atoms with van der Waals surface area (Å²) in [6, 6.07) is 3.32. The average molecular weight is 319 g/mol. The summed E-state index contributed by atoms with van der Waals surface area (Å²) in [6.07, 6.45) is 1.77. The van der Waals surface area contributed by atoms with Gasteiger partial charge in [0.2, 0.25) is 10.0 Å². The first kappa shape index (κ1) is 17.4. The Balaban J connectivity index is 3.07. The maximum absolute atomic E-state index is 12.3. The Morgan fingerprint density at radius 3 is 2.55 bits per heavy atom. The number of unbranched alkanes of at least 4 members (excludes halogenated alkanes) is 1. The van der Waals surface area contributed by atoms with Gasteiger partial charge in [0.25, 0.3) is 0 Å². The van der Waals surface area contributed by atoms with Crippen molar-refractivity contribution in [3.63, 3.8) is 0 Å². The van der Waals surface area contributed by atoms with Gasteiger partial charge in [-0.25, -0.2) is 13.1 Å². The van der Waals surface area contributed by atoms with Crippen LogP contribution in [0, 0.1) is 6.92 Å². The molecular weight excluding hydrogens is 296 g/mol. The normalized spacial score (nSPS) is 11.8. The summed E-state index contributed by atoms with van der Waals surface area (Å²) in [7, 11) is -3.50. The monoisotopic (exact) mass is 318 g/mol. The molecule has 0 saturated heterocycles. The molecule has 0 heterocycles. The lowest BCUT2D eigenvalue weighted by Crippen LogP contribution is -2.26. The molecule has 0 aliphatic carbocycles. The van der Waals surface area contributed by atoms with E-state index in [-0.39, 0.29) is 4.90 Å². The van der Waals surface area contributed by atoms with Crippen LogP contribution >= 0.6 is 11.6 Å². The number of sulfonamides is 1. The van der Waals surface area contributed by atoms with Crippen molar-refractivity contribution < 1.29 is 8.42 Å². The Kier molecular flexibility index (Phi) is 6.95. The van der Waals surface area contributed by atoms with Gasteiger partial charge in [0.1, 0.15) is 0 Å². The smallest absolute Gasteiger partial charge is 0.240 e. The third kappa shape index (κ3) is 4.74. The molecule has 1 aromatic carbocycles. The predicted octanol–water partition coefficient (Wildman–Crippen LogP) is 2.84. The molecule has 114 valence electrons. The van der Waals surface area contributed by atoms with Crippen molar-refractivity contribution in [2.24, 2.45) is 0 Å². The van der Waals surface area contributed by atoms with Crippen molar-refractivity contribution in [2.45, 2.75) is 45.1 Å². The van der Waals surface area contributed by atoms with Gasteiger partial charge in [-0.3, -0.25) is 0 Å². The van der Waals surface area contributed by atoms with Gasteiger partial charge < -0.3 is 5.32 Å². The highest BCUT2D eigenvalue weighted by Crippen LogP contribution is 2.24. The molecule has 4 nitrogen and oxygen atoms in total. The maximum atomic E-state index is 12.3. The Labute approximate surface area is 127 Å². The molecule has 20 heavy (non-hydrogen) atoms. The molecule has 6 heteroatoms. The lowest BCUT2D eigenvalue weighted by Gasteiger charge is -2.14.